The van der Waals surface area contributed by atoms with Gasteiger partial charge in [-0.3, -0.25) is 9.69 Å². The predicted molar refractivity (Wildman–Crippen MR) is 73.5 cm³/mol. The molecule has 2 rings (SSSR count). The fraction of sp³-hybridized carbons (Fsp3) is 0.929. The van der Waals surface area contributed by atoms with Crippen LogP contribution in [0.25, 0.3) is 0 Å². The van der Waals surface area contributed by atoms with E-state index in [9.17, 15) is 4.79 Å². The van der Waals surface area contributed by atoms with Crippen LogP contribution in [0, 0.1) is 0 Å². The minimum absolute atomic E-state index is 0.0106. The maximum absolute atomic E-state index is 12.2. The molecule has 0 aromatic carbocycles. The van der Waals surface area contributed by atoms with Crippen molar-refractivity contribution in [3.8, 4) is 0 Å². The monoisotopic (exact) mass is 253 g/mol. The van der Waals surface area contributed by atoms with E-state index in [-0.39, 0.29) is 11.9 Å². The molecule has 1 saturated heterocycles. The van der Waals surface area contributed by atoms with Crippen molar-refractivity contribution >= 4 is 5.91 Å². The van der Waals surface area contributed by atoms with Crippen molar-refractivity contribution in [1.29, 1.82) is 0 Å². The van der Waals surface area contributed by atoms with E-state index >= 15 is 0 Å². The second-order valence-corrected chi connectivity index (χ2v) is 5.87. The number of rotatable bonds is 3. The molecule has 0 aromatic rings. The topological polar surface area (TPSA) is 44.4 Å². The van der Waals surface area contributed by atoms with Gasteiger partial charge in [0.05, 0.1) is 6.04 Å². The standard InChI is InChI=1S/C14H27N3O/c1-11-10-17(9-8-15-11)12(2)14(18)16-13-6-4-3-5-7-13/h11-13,15H,3-10H2,1-2H3,(H,16,18)/t11-,12?/m1/s1. The largest absolute Gasteiger partial charge is 0.352 e. The lowest BCUT2D eigenvalue weighted by Gasteiger charge is -2.36. The molecule has 18 heavy (non-hydrogen) atoms. The van der Waals surface area contributed by atoms with Crippen molar-refractivity contribution in [2.75, 3.05) is 19.6 Å². The van der Waals surface area contributed by atoms with Crippen LogP contribution in [-0.4, -0.2) is 48.6 Å². The van der Waals surface area contributed by atoms with Crippen LogP contribution in [-0.2, 0) is 4.79 Å². The second kappa shape index (κ2) is 6.53. The molecular weight excluding hydrogens is 226 g/mol. The number of amides is 1. The van der Waals surface area contributed by atoms with E-state index in [1.54, 1.807) is 0 Å². The Morgan fingerprint density at radius 2 is 2.06 bits per heavy atom. The van der Waals surface area contributed by atoms with Crippen molar-refractivity contribution < 1.29 is 4.79 Å². The molecule has 1 amide bonds. The molecule has 0 aromatic heterocycles. The van der Waals surface area contributed by atoms with Crippen LogP contribution >= 0.6 is 0 Å². The molecule has 2 fully saturated rings. The van der Waals surface area contributed by atoms with Crippen LogP contribution in [0.15, 0.2) is 0 Å². The molecule has 1 heterocycles. The van der Waals surface area contributed by atoms with Crippen LogP contribution in [0.5, 0.6) is 0 Å². The van der Waals surface area contributed by atoms with Gasteiger partial charge in [-0.05, 0) is 26.7 Å². The lowest BCUT2D eigenvalue weighted by molar-refractivity contribution is -0.127. The zero-order valence-corrected chi connectivity index (χ0v) is 11.7. The SMILES string of the molecule is CC(C(=O)NC1CCCCC1)N1CCN[C@H](C)C1. The van der Waals surface area contributed by atoms with E-state index in [4.69, 9.17) is 0 Å². The molecule has 0 spiro atoms. The summed E-state index contributed by atoms with van der Waals surface area (Å²) in [4.78, 5) is 14.5. The molecule has 0 radical (unpaired) electrons. The maximum atomic E-state index is 12.2. The van der Waals surface area contributed by atoms with Crippen molar-refractivity contribution in [1.82, 2.24) is 15.5 Å². The Morgan fingerprint density at radius 1 is 1.33 bits per heavy atom. The third-order valence-corrected chi connectivity index (χ3v) is 4.28. The Labute approximate surface area is 110 Å². The normalized spacial score (nSPS) is 28.9. The van der Waals surface area contributed by atoms with Gasteiger partial charge < -0.3 is 10.6 Å². The maximum Gasteiger partial charge on any atom is 0.237 e. The van der Waals surface area contributed by atoms with Gasteiger partial charge in [0.25, 0.3) is 0 Å². The first-order chi connectivity index (χ1) is 8.66. The molecular formula is C14H27N3O. The Bertz CT molecular complexity index is 276. The van der Waals surface area contributed by atoms with Crippen molar-refractivity contribution in [2.24, 2.45) is 0 Å². The van der Waals surface area contributed by atoms with Gasteiger partial charge in [-0.1, -0.05) is 19.3 Å². The number of hydrogen-bond donors (Lipinski definition) is 2. The minimum atomic E-state index is 0.0106. The van der Waals surface area contributed by atoms with Gasteiger partial charge >= 0.3 is 0 Å². The first kappa shape index (κ1) is 13.8. The molecule has 4 nitrogen and oxygen atoms in total. The van der Waals surface area contributed by atoms with E-state index < -0.39 is 0 Å². The summed E-state index contributed by atoms with van der Waals surface area (Å²) in [5, 5.41) is 6.64. The zero-order chi connectivity index (χ0) is 13.0. The van der Waals surface area contributed by atoms with Crippen LogP contribution < -0.4 is 10.6 Å². The Morgan fingerprint density at radius 3 is 2.72 bits per heavy atom. The van der Waals surface area contributed by atoms with Crippen molar-refractivity contribution in [2.45, 2.75) is 64.1 Å². The number of carbonyl (C=O) groups is 1. The second-order valence-electron chi connectivity index (χ2n) is 5.87. The van der Waals surface area contributed by atoms with E-state index in [2.05, 4.69) is 22.5 Å². The molecule has 4 heteroatoms. The first-order valence-electron chi connectivity index (χ1n) is 7.44. The Hall–Kier alpha value is -0.610. The lowest BCUT2D eigenvalue weighted by atomic mass is 9.95. The summed E-state index contributed by atoms with van der Waals surface area (Å²) in [6.45, 7) is 7.15. The highest BCUT2D eigenvalue weighted by Gasteiger charge is 2.26. The van der Waals surface area contributed by atoms with E-state index in [1.807, 2.05) is 6.92 Å². The minimum Gasteiger partial charge on any atom is -0.352 e. The average Bonchev–Trinajstić information content (AvgIpc) is 2.39. The summed E-state index contributed by atoms with van der Waals surface area (Å²) in [6.07, 6.45) is 6.19. The van der Waals surface area contributed by atoms with Gasteiger partial charge in [-0.2, -0.15) is 0 Å². The molecule has 2 atom stereocenters. The number of piperazine rings is 1. The molecule has 1 aliphatic carbocycles. The van der Waals surface area contributed by atoms with Crippen molar-refractivity contribution in [3.05, 3.63) is 0 Å². The van der Waals surface area contributed by atoms with Crippen LogP contribution in [0.1, 0.15) is 46.0 Å². The van der Waals surface area contributed by atoms with Crippen LogP contribution in [0.3, 0.4) is 0 Å². The summed E-state index contributed by atoms with van der Waals surface area (Å²) < 4.78 is 0. The highest BCUT2D eigenvalue weighted by Crippen LogP contribution is 2.17. The summed E-state index contributed by atoms with van der Waals surface area (Å²) in [6, 6.07) is 0.925. The number of nitrogens with one attached hydrogen (secondary N) is 2. The molecule has 1 aliphatic heterocycles. The smallest absolute Gasteiger partial charge is 0.237 e. The molecule has 0 bridgehead atoms. The molecule has 1 saturated carbocycles. The summed E-state index contributed by atoms with van der Waals surface area (Å²) in [7, 11) is 0. The number of nitrogens with zero attached hydrogens (tertiary/aromatic N) is 1. The van der Waals surface area contributed by atoms with Crippen molar-refractivity contribution in [3.63, 3.8) is 0 Å². The van der Waals surface area contributed by atoms with E-state index in [0.717, 1.165) is 32.5 Å². The quantitative estimate of drug-likeness (QED) is 0.792. The summed E-state index contributed by atoms with van der Waals surface area (Å²) >= 11 is 0. The van der Waals surface area contributed by atoms with E-state index in [1.165, 1.54) is 19.3 Å². The third kappa shape index (κ3) is 3.69. The highest BCUT2D eigenvalue weighted by molar-refractivity contribution is 5.81. The van der Waals surface area contributed by atoms with Gasteiger partial charge in [-0.15, -0.1) is 0 Å². The average molecular weight is 253 g/mol. The van der Waals surface area contributed by atoms with Gasteiger partial charge in [-0.25, -0.2) is 0 Å². The Balaban J connectivity index is 1.79. The van der Waals surface area contributed by atoms with Gasteiger partial charge in [0.1, 0.15) is 0 Å². The van der Waals surface area contributed by atoms with Crippen LogP contribution in [0.2, 0.25) is 0 Å². The number of hydrogen-bond acceptors (Lipinski definition) is 3. The highest BCUT2D eigenvalue weighted by atomic mass is 16.2. The molecule has 104 valence electrons. The predicted octanol–water partition coefficient (Wildman–Crippen LogP) is 1.12. The summed E-state index contributed by atoms with van der Waals surface area (Å²) in [5.74, 6) is 0.219. The zero-order valence-electron chi connectivity index (χ0n) is 11.7. The molecule has 2 aliphatic rings. The third-order valence-electron chi connectivity index (χ3n) is 4.28. The Kier molecular flexibility index (Phi) is 5.01. The van der Waals surface area contributed by atoms with Gasteiger partial charge in [0.15, 0.2) is 0 Å². The van der Waals surface area contributed by atoms with Gasteiger partial charge in [0.2, 0.25) is 5.91 Å². The first-order valence-corrected chi connectivity index (χ1v) is 7.44. The van der Waals surface area contributed by atoms with E-state index in [0.29, 0.717) is 12.1 Å². The summed E-state index contributed by atoms with van der Waals surface area (Å²) in [5.41, 5.74) is 0. The fourth-order valence-electron chi connectivity index (χ4n) is 3.05. The number of carbonyl (C=O) groups excluding carboxylic acids is 1. The van der Waals surface area contributed by atoms with Gasteiger partial charge in [0, 0.05) is 31.7 Å². The molecule has 1 unspecified atom stereocenters. The lowest BCUT2D eigenvalue weighted by Crippen LogP contribution is -2.56. The molecule has 2 N–H and O–H groups in total. The fourth-order valence-corrected chi connectivity index (χ4v) is 3.05. The van der Waals surface area contributed by atoms with Crippen LogP contribution in [0.4, 0.5) is 0 Å².